The highest BCUT2D eigenvalue weighted by Gasteiger charge is 2.26. The lowest BCUT2D eigenvalue weighted by molar-refractivity contribution is -0.133. The lowest BCUT2D eigenvalue weighted by Crippen LogP contribution is -2.40. The molecule has 25 heavy (non-hydrogen) atoms. The normalized spacial score (nSPS) is 17.9. The van der Waals surface area contributed by atoms with Gasteiger partial charge in [-0.2, -0.15) is 4.98 Å². The number of hydrogen-bond acceptors (Lipinski definition) is 4. The molecular weight excluding hydrogens is 321 g/mol. The van der Waals surface area contributed by atoms with Crippen LogP contribution in [0.15, 0.2) is 28.8 Å². The molecule has 6 heteroatoms. The number of carbonyl (C=O) groups is 1. The van der Waals surface area contributed by atoms with E-state index >= 15 is 0 Å². The molecule has 2 heterocycles. The topological polar surface area (TPSA) is 59.2 Å². The fraction of sp³-hybridized carbons (Fsp3) is 0.526. The molecule has 1 fully saturated rings. The minimum Gasteiger partial charge on any atom is -0.342 e. The Morgan fingerprint density at radius 3 is 2.96 bits per heavy atom. The second kappa shape index (κ2) is 7.76. The van der Waals surface area contributed by atoms with Crippen molar-refractivity contribution < 1.29 is 13.7 Å². The number of aromatic nitrogens is 2. The predicted molar refractivity (Wildman–Crippen MR) is 92.2 cm³/mol. The maximum Gasteiger partial charge on any atom is 0.227 e. The quantitative estimate of drug-likeness (QED) is 0.829. The van der Waals surface area contributed by atoms with Crippen LogP contribution in [0.1, 0.15) is 39.0 Å². The van der Waals surface area contributed by atoms with Crippen LogP contribution in [0.5, 0.6) is 0 Å². The van der Waals surface area contributed by atoms with Crippen molar-refractivity contribution >= 4 is 5.91 Å². The molecular formula is C19H24FN3O2. The highest BCUT2D eigenvalue weighted by atomic mass is 19.1. The number of amides is 1. The fourth-order valence-electron chi connectivity index (χ4n) is 3.27. The number of carbonyl (C=O) groups excluding carboxylic acids is 1. The summed E-state index contributed by atoms with van der Waals surface area (Å²) in [7, 11) is 0. The molecule has 2 aromatic rings. The van der Waals surface area contributed by atoms with Crippen LogP contribution in [0.2, 0.25) is 0 Å². The molecule has 1 saturated heterocycles. The zero-order valence-corrected chi connectivity index (χ0v) is 14.7. The molecule has 1 aliphatic heterocycles. The first kappa shape index (κ1) is 17.6. The Balaban J connectivity index is 1.63. The summed E-state index contributed by atoms with van der Waals surface area (Å²) in [6.45, 7) is 5.67. The zero-order valence-electron chi connectivity index (χ0n) is 14.7. The second-order valence-electron chi connectivity index (χ2n) is 7.14. The molecule has 0 spiro atoms. The van der Waals surface area contributed by atoms with Crippen LogP contribution < -0.4 is 0 Å². The van der Waals surface area contributed by atoms with Gasteiger partial charge in [-0.1, -0.05) is 31.1 Å². The van der Waals surface area contributed by atoms with Gasteiger partial charge >= 0.3 is 0 Å². The van der Waals surface area contributed by atoms with Gasteiger partial charge in [0.15, 0.2) is 0 Å². The molecule has 0 bridgehead atoms. The van der Waals surface area contributed by atoms with Crippen molar-refractivity contribution in [2.24, 2.45) is 11.8 Å². The number of halogens is 1. The smallest absolute Gasteiger partial charge is 0.227 e. The molecule has 3 rings (SSSR count). The molecule has 1 aromatic carbocycles. The Kier molecular flexibility index (Phi) is 5.46. The molecule has 5 nitrogen and oxygen atoms in total. The summed E-state index contributed by atoms with van der Waals surface area (Å²) in [5, 5.41) is 3.90. The van der Waals surface area contributed by atoms with Crippen LogP contribution >= 0.6 is 0 Å². The molecule has 134 valence electrons. The molecule has 1 aliphatic rings. The molecule has 1 unspecified atom stereocenters. The van der Waals surface area contributed by atoms with Gasteiger partial charge in [0.1, 0.15) is 5.82 Å². The Morgan fingerprint density at radius 1 is 1.40 bits per heavy atom. The van der Waals surface area contributed by atoms with Crippen molar-refractivity contribution in [2.45, 2.75) is 39.5 Å². The van der Waals surface area contributed by atoms with Gasteiger partial charge < -0.3 is 9.42 Å². The van der Waals surface area contributed by atoms with E-state index in [4.69, 9.17) is 4.52 Å². The lowest BCUT2D eigenvalue weighted by atomic mass is 9.94. The number of piperidine rings is 1. The molecule has 1 amide bonds. The van der Waals surface area contributed by atoms with E-state index in [0.29, 0.717) is 36.1 Å². The van der Waals surface area contributed by atoms with Crippen molar-refractivity contribution in [3.63, 3.8) is 0 Å². The first-order valence-electron chi connectivity index (χ1n) is 8.88. The fourth-order valence-corrected chi connectivity index (χ4v) is 3.27. The van der Waals surface area contributed by atoms with Crippen LogP contribution in [0.4, 0.5) is 4.39 Å². The van der Waals surface area contributed by atoms with Crippen molar-refractivity contribution in [2.75, 3.05) is 13.1 Å². The molecule has 1 atom stereocenters. The zero-order chi connectivity index (χ0) is 17.8. The maximum atomic E-state index is 13.8. The van der Waals surface area contributed by atoms with E-state index in [-0.39, 0.29) is 17.5 Å². The maximum absolute atomic E-state index is 13.8. The van der Waals surface area contributed by atoms with Crippen molar-refractivity contribution in [3.8, 4) is 11.4 Å². The number of likely N-dealkylation sites (tertiary alicyclic amines) is 1. The number of hydrogen-bond donors (Lipinski definition) is 0. The van der Waals surface area contributed by atoms with E-state index < -0.39 is 0 Å². The largest absolute Gasteiger partial charge is 0.342 e. The molecule has 1 aromatic heterocycles. The summed E-state index contributed by atoms with van der Waals surface area (Å²) < 4.78 is 19.1. The van der Waals surface area contributed by atoms with Gasteiger partial charge in [-0.3, -0.25) is 4.79 Å². The highest BCUT2D eigenvalue weighted by Crippen LogP contribution is 2.24. The SMILES string of the molecule is CC(C)CC(=O)N1CCCC(Cc2nc(-c3ccccc3F)no2)C1. The Hall–Kier alpha value is -2.24. The van der Waals surface area contributed by atoms with Crippen LogP contribution in [-0.2, 0) is 11.2 Å². The third-order valence-corrected chi connectivity index (χ3v) is 4.50. The van der Waals surface area contributed by atoms with Crippen LogP contribution in [0, 0.1) is 17.7 Å². The van der Waals surface area contributed by atoms with Crippen molar-refractivity contribution in [3.05, 3.63) is 36.0 Å². The van der Waals surface area contributed by atoms with Crippen molar-refractivity contribution in [1.82, 2.24) is 15.0 Å². The van der Waals surface area contributed by atoms with Gasteiger partial charge in [0, 0.05) is 25.9 Å². The molecule has 0 radical (unpaired) electrons. The van der Waals surface area contributed by atoms with Crippen molar-refractivity contribution in [1.29, 1.82) is 0 Å². The summed E-state index contributed by atoms with van der Waals surface area (Å²) in [6, 6.07) is 6.39. The summed E-state index contributed by atoms with van der Waals surface area (Å²) in [5.74, 6) is 1.30. The molecule has 0 aliphatic carbocycles. The third-order valence-electron chi connectivity index (χ3n) is 4.50. The van der Waals surface area contributed by atoms with Gasteiger partial charge in [-0.25, -0.2) is 4.39 Å². The lowest BCUT2D eigenvalue weighted by Gasteiger charge is -2.32. The van der Waals surface area contributed by atoms with E-state index in [1.165, 1.54) is 6.07 Å². The summed E-state index contributed by atoms with van der Waals surface area (Å²) in [4.78, 5) is 18.5. The van der Waals surface area contributed by atoms with Gasteiger partial charge in [-0.05, 0) is 36.8 Å². The van der Waals surface area contributed by atoms with Gasteiger partial charge in [-0.15, -0.1) is 0 Å². The Morgan fingerprint density at radius 2 is 2.20 bits per heavy atom. The first-order chi connectivity index (χ1) is 12.0. The first-order valence-corrected chi connectivity index (χ1v) is 8.88. The van der Waals surface area contributed by atoms with Gasteiger partial charge in [0.2, 0.25) is 17.6 Å². The standard InChI is InChI=1S/C19H24FN3O2/c1-13(2)10-18(24)23-9-5-6-14(12-23)11-17-21-19(22-25-17)15-7-3-4-8-16(15)20/h3-4,7-8,13-14H,5-6,9-12H2,1-2H3. The van der Waals surface area contributed by atoms with E-state index in [9.17, 15) is 9.18 Å². The van der Waals surface area contributed by atoms with E-state index in [2.05, 4.69) is 24.0 Å². The number of nitrogens with zero attached hydrogens (tertiary/aromatic N) is 3. The average Bonchev–Trinajstić information content (AvgIpc) is 3.03. The van der Waals surface area contributed by atoms with E-state index in [1.54, 1.807) is 18.2 Å². The summed E-state index contributed by atoms with van der Waals surface area (Å²) in [5.41, 5.74) is 0.342. The molecule has 0 saturated carbocycles. The van der Waals surface area contributed by atoms with E-state index in [0.717, 1.165) is 25.9 Å². The monoisotopic (exact) mass is 345 g/mol. The van der Waals surface area contributed by atoms with Crippen LogP contribution in [0.25, 0.3) is 11.4 Å². The average molecular weight is 345 g/mol. The Bertz CT molecular complexity index is 729. The highest BCUT2D eigenvalue weighted by molar-refractivity contribution is 5.76. The Labute approximate surface area is 147 Å². The van der Waals surface area contributed by atoms with Gasteiger partial charge in [0.25, 0.3) is 0 Å². The summed E-state index contributed by atoms with van der Waals surface area (Å²) >= 11 is 0. The second-order valence-corrected chi connectivity index (χ2v) is 7.14. The van der Waals surface area contributed by atoms with Gasteiger partial charge in [0.05, 0.1) is 5.56 Å². The third kappa shape index (κ3) is 4.44. The van der Waals surface area contributed by atoms with Crippen LogP contribution in [-0.4, -0.2) is 34.0 Å². The van der Waals surface area contributed by atoms with Crippen LogP contribution in [0.3, 0.4) is 0 Å². The minimum absolute atomic E-state index is 0.220. The van der Waals surface area contributed by atoms with E-state index in [1.807, 2.05) is 4.90 Å². The number of rotatable bonds is 5. The minimum atomic E-state index is -0.363. The summed E-state index contributed by atoms with van der Waals surface area (Å²) in [6.07, 6.45) is 3.23. The number of benzene rings is 1. The predicted octanol–water partition coefficient (Wildman–Crippen LogP) is 3.70. The molecule has 0 N–H and O–H groups in total.